The Labute approximate surface area is 128 Å². The molecule has 3 aromatic rings. The molecule has 5 heteroatoms. The Morgan fingerprint density at radius 2 is 1.85 bits per heavy atom. The number of halogens is 1. The summed E-state index contributed by atoms with van der Waals surface area (Å²) in [4.78, 5) is 12.9. The van der Waals surface area contributed by atoms with Crippen molar-refractivity contribution in [1.82, 2.24) is 0 Å². The van der Waals surface area contributed by atoms with E-state index in [1.807, 2.05) is 29.6 Å². The van der Waals surface area contributed by atoms with Gasteiger partial charge in [-0.05, 0) is 39.5 Å². The Balaban J connectivity index is 2.02. The molecule has 0 saturated heterocycles. The minimum atomic E-state index is -0.164. The lowest BCUT2D eigenvalue weighted by molar-refractivity contribution is 0.103. The van der Waals surface area contributed by atoms with Crippen molar-refractivity contribution < 1.29 is 9.90 Å². The van der Waals surface area contributed by atoms with Gasteiger partial charge in [-0.1, -0.05) is 24.3 Å². The van der Waals surface area contributed by atoms with Crippen LogP contribution in [0.1, 0.15) is 9.67 Å². The lowest BCUT2D eigenvalue weighted by Gasteiger charge is -2.09. The third-order valence-electron chi connectivity index (χ3n) is 2.97. The van der Waals surface area contributed by atoms with Crippen molar-refractivity contribution >= 4 is 49.6 Å². The highest BCUT2D eigenvalue weighted by Crippen LogP contribution is 2.31. The molecule has 0 radical (unpaired) electrons. The molecule has 1 amide bonds. The van der Waals surface area contributed by atoms with Crippen LogP contribution < -0.4 is 5.32 Å². The molecule has 1 aromatic heterocycles. The predicted molar refractivity (Wildman–Crippen MR) is 85.6 cm³/mol. The van der Waals surface area contributed by atoms with E-state index in [0.29, 0.717) is 10.6 Å². The smallest absolute Gasteiger partial charge is 0.266 e. The van der Waals surface area contributed by atoms with E-state index in [4.69, 9.17) is 0 Å². The number of phenols is 1. The fraction of sp³-hybridized carbons (Fsp3) is 0. The molecule has 0 aliphatic rings. The number of anilines is 1. The van der Waals surface area contributed by atoms with Gasteiger partial charge in [0.2, 0.25) is 0 Å². The number of carbonyl (C=O) groups is 1. The number of nitrogens with one attached hydrogen (secondary N) is 1. The van der Waals surface area contributed by atoms with E-state index in [2.05, 4.69) is 21.2 Å². The SMILES string of the molecule is O=C(Nc1cccc2c(O)cccc12)c1sccc1Br. The molecule has 100 valence electrons. The van der Waals surface area contributed by atoms with E-state index in [1.165, 1.54) is 11.3 Å². The minimum absolute atomic E-state index is 0.164. The van der Waals surface area contributed by atoms with Crippen LogP contribution in [0.25, 0.3) is 10.8 Å². The zero-order valence-electron chi connectivity index (χ0n) is 10.3. The zero-order chi connectivity index (χ0) is 14.1. The molecule has 0 unspecified atom stereocenters. The summed E-state index contributed by atoms with van der Waals surface area (Å²) in [5.41, 5.74) is 0.684. The van der Waals surface area contributed by atoms with Crippen LogP contribution in [0.5, 0.6) is 5.75 Å². The highest BCUT2D eigenvalue weighted by Gasteiger charge is 2.13. The van der Waals surface area contributed by atoms with Gasteiger partial charge in [-0.3, -0.25) is 4.79 Å². The summed E-state index contributed by atoms with van der Waals surface area (Å²) < 4.78 is 0.781. The van der Waals surface area contributed by atoms with Gasteiger partial charge in [-0.2, -0.15) is 0 Å². The number of aromatic hydroxyl groups is 1. The lowest BCUT2D eigenvalue weighted by atomic mass is 10.1. The molecule has 0 saturated carbocycles. The third-order valence-corrected chi connectivity index (χ3v) is 4.81. The van der Waals surface area contributed by atoms with Crippen LogP contribution in [0, 0.1) is 0 Å². The first-order chi connectivity index (χ1) is 9.66. The van der Waals surface area contributed by atoms with Gasteiger partial charge in [0.25, 0.3) is 5.91 Å². The summed E-state index contributed by atoms with van der Waals surface area (Å²) in [6.07, 6.45) is 0. The quantitative estimate of drug-likeness (QED) is 0.710. The largest absolute Gasteiger partial charge is 0.507 e. The maximum atomic E-state index is 12.2. The Bertz CT molecular complexity index is 797. The third kappa shape index (κ3) is 2.30. The fourth-order valence-corrected chi connectivity index (χ4v) is 3.48. The zero-order valence-corrected chi connectivity index (χ0v) is 12.7. The number of phenolic OH excluding ortho intramolecular Hbond substituents is 1. The van der Waals surface area contributed by atoms with E-state index < -0.39 is 0 Å². The van der Waals surface area contributed by atoms with Crippen molar-refractivity contribution in [3.8, 4) is 5.75 Å². The molecule has 0 aliphatic carbocycles. The maximum absolute atomic E-state index is 12.2. The predicted octanol–water partition coefficient (Wildman–Crippen LogP) is 4.62. The van der Waals surface area contributed by atoms with Crippen molar-refractivity contribution in [2.45, 2.75) is 0 Å². The number of benzene rings is 2. The van der Waals surface area contributed by atoms with E-state index in [-0.39, 0.29) is 11.7 Å². The molecule has 3 rings (SSSR count). The lowest BCUT2D eigenvalue weighted by Crippen LogP contribution is -2.10. The number of amides is 1. The van der Waals surface area contributed by atoms with E-state index in [0.717, 1.165) is 15.2 Å². The van der Waals surface area contributed by atoms with Crippen LogP contribution in [0.2, 0.25) is 0 Å². The fourth-order valence-electron chi connectivity index (χ4n) is 2.04. The highest BCUT2D eigenvalue weighted by atomic mass is 79.9. The second-order valence-corrected chi connectivity index (χ2v) is 6.00. The Morgan fingerprint density at radius 1 is 1.10 bits per heavy atom. The Kier molecular flexibility index (Phi) is 3.46. The highest BCUT2D eigenvalue weighted by molar-refractivity contribution is 9.10. The summed E-state index contributed by atoms with van der Waals surface area (Å²) >= 11 is 4.73. The first-order valence-electron chi connectivity index (χ1n) is 5.92. The second-order valence-electron chi connectivity index (χ2n) is 4.23. The van der Waals surface area contributed by atoms with Crippen LogP contribution in [-0.2, 0) is 0 Å². The molecule has 2 N–H and O–H groups in total. The van der Waals surface area contributed by atoms with Gasteiger partial charge in [0.15, 0.2) is 0 Å². The van der Waals surface area contributed by atoms with Crippen molar-refractivity contribution in [2.24, 2.45) is 0 Å². The van der Waals surface area contributed by atoms with Crippen LogP contribution in [0.15, 0.2) is 52.3 Å². The topological polar surface area (TPSA) is 49.3 Å². The molecule has 0 atom stereocenters. The Morgan fingerprint density at radius 3 is 2.60 bits per heavy atom. The molecule has 0 aliphatic heterocycles. The van der Waals surface area contributed by atoms with Gasteiger partial charge in [-0.25, -0.2) is 0 Å². The average Bonchev–Trinajstić information content (AvgIpc) is 2.86. The molecule has 3 nitrogen and oxygen atoms in total. The Hall–Kier alpha value is -1.85. The summed E-state index contributed by atoms with van der Waals surface area (Å²) in [6.45, 7) is 0. The van der Waals surface area contributed by atoms with Crippen molar-refractivity contribution in [1.29, 1.82) is 0 Å². The molecule has 0 bridgehead atoms. The van der Waals surface area contributed by atoms with Crippen LogP contribution in [-0.4, -0.2) is 11.0 Å². The molecule has 20 heavy (non-hydrogen) atoms. The minimum Gasteiger partial charge on any atom is -0.507 e. The molecule has 2 aromatic carbocycles. The number of fused-ring (bicyclic) bond motifs is 1. The van der Waals surface area contributed by atoms with Gasteiger partial charge in [0, 0.05) is 20.9 Å². The molecule has 0 fully saturated rings. The average molecular weight is 348 g/mol. The van der Waals surface area contributed by atoms with E-state index >= 15 is 0 Å². The van der Waals surface area contributed by atoms with Gasteiger partial charge in [-0.15, -0.1) is 11.3 Å². The number of thiophene rings is 1. The normalized spacial score (nSPS) is 10.7. The van der Waals surface area contributed by atoms with Crippen molar-refractivity contribution in [3.63, 3.8) is 0 Å². The van der Waals surface area contributed by atoms with Gasteiger partial charge < -0.3 is 10.4 Å². The van der Waals surface area contributed by atoms with Crippen molar-refractivity contribution in [3.05, 3.63) is 57.2 Å². The first-order valence-corrected chi connectivity index (χ1v) is 7.59. The second kappa shape index (κ2) is 5.26. The number of carbonyl (C=O) groups excluding carboxylic acids is 1. The monoisotopic (exact) mass is 347 g/mol. The molecule has 0 spiro atoms. The van der Waals surface area contributed by atoms with Crippen LogP contribution in [0.4, 0.5) is 5.69 Å². The summed E-state index contributed by atoms with van der Waals surface area (Å²) in [5.74, 6) is 0.0404. The van der Waals surface area contributed by atoms with Crippen LogP contribution >= 0.6 is 27.3 Å². The summed E-state index contributed by atoms with van der Waals surface area (Å²) in [7, 11) is 0. The van der Waals surface area contributed by atoms with Crippen LogP contribution in [0.3, 0.4) is 0 Å². The standard InChI is InChI=1S/C15H10BrNO2S/c16-11-7-8-20-14(11)15(19)17-12-5-1-4-10-9(12)3-2-6-13(10)18/h1-8,18H,(H,17,19). The van der Waals surface area contributed by atoms with Gasteiger partial charge in [0.05, 0.1) is 0 Å². The van der Waals surface area contributed by atoms with Gasteiger partial charge in [0.1, 0.15) is 10.6 Å². The number of hydrogen-bond donors (Lipinski definition) is 2. The molecule has 1 heterocycles. The van der Waals surface area contributed by atoms with E-state index in [1.54, 1.807) is 18.2 Å². The maximum Gasteiger partial charge on any atom is 0.266 e. The number of hydrogen-bond acceptors (Lipinski definition) is 3. The van der Waals surface area contributed by atoms with Crippen molar-refractivity contribution in [2.75, 3.05) is 5.32 Å². The molecular weight excluding hydrogens is 338 g/mol. The van der Waals surface area contributed by atoms with Gasteiger partial charge >= 0.3 is 0 Å². The first kappa shape index (κ1) is 13.1. The summed E-state index contributed by atoms with van der Waals surface area (Å²) in [6, 6.07) is 12.5. The summed E-state index contributed by atoms with van der Waals surface area (Å²) in [5, 5.41) is 16.1. The van der Waals surface area contributed by atoms with E-state index in [9.17, 15) is 9.90 Å². The molecular formula is C15H10BrNO2S. The number of rotatable bonds is 2.